The van der Waals surface area contributed by atoms with E-state index in [4.69, 9.17) is 9.47 Å². The fourth-order valence-electron chi connectivity index (χ4n) is 3.24. The Kier molecular flexibility index (Phi) is 8.54. The minimum atomic E-state index is -3.52. The first-order valence-corrected chi connectivity index (χ1v) is 12.9. The molecule has 0 saturated heterocycles. The van der Waals surface area contributed by atoms with Crippen LogP contribution in [0.3, 0.4) is 0 Å². The van der Waals surface area contributed by atoms with Crippen LogP contribution in [0.4, 0.5) is 5.69 Å². The Balaban J connectivity index is 1.59. The van der Waals surface area contributed by atoms with Crippen molar-refractivity contribution in [2.75, 3.05) is 23.7 Å². The number of carbonyl (C=O) groups is 1. The minimum absolute atomic E-state index is 0.0314. The summed E-state index contributed by atoms with van der Waals surface area (Å²) in [6, 6.07) is 23.2. The second-order valence-electron chi connectivity index (χ2n) is 8.04. The van der Waals surface area contributed by atoms with E-state index in [9.17, 15) is 13.2 Å². The first-order valence-electron chi connectivity index (χ1n) is 11.0. The molecule has 0 aliphatic carbocycles. The zero-order valence-electron chi connectivity index (χ0n) is 19.6. The van der Waals surface area contributed by atoms with Crippen molar-refractivity contribution in [2.45, 2.75) is 26.5 Å². The van der Waals surface area contributed by atoms with E-state index in [1.54, 1.807) is 48.5 Å². The molecule has 3 aromatic carbocycles. The number of ether oxygens (including phenoxy) is 2. The molecule has 7 nitrogen and oxygen atoms in total. The molecule has 0 bridgehead atoms. The molecule has 0 atom stereocenters. The Morgan fingerprint density at radius 1 is 0.912 bits per heavy atom. The van der Waals surface area contributed by atoms with Crippen molar-refractivity contribution in [1.82, 2.24) is 5.32 Å². The summed E-state index contributed by atoms with van der Waals surface area (Å²) in [7, 11) is -3.52. The average Bonchev–Trinajstić information content (AvgIpc) is 2.81. The molecule has 1 N–H and O–H groups in total. The van der Waals surface area contributed by atoms with Crippen LogP contribution in [0.15, 0.2) is 78.9 Å². The number of anilines is 1. The number of rotatable bonds is 11. The van der Waals surface area contributed by atoms with E-state index in [0.717, 1.165) is 11.3 Å². The van der Waals surface area contributed by atoms with Gasteiger partial charge in [-0.15, -0.1) is 0 Å². The van der Waals surface area contributed by atoms with Crippen molar-refractivity contribution in [3.05, 3.63) is 90.0 Å². The number of amides is 1. The van der Waals surface area contributed by atoms with Gasteiger partial charge in [-0.2, -0.15) is 0 Å². The lowest BCUT2D eigenvalue weighted by Gasteiger charge is -2.23. The van der Waals surface area contributed by atoms with Gasteiger partial charge >= 0.3 is 0 Å². The summed E-state index contributed by atoms with van der Waals surface area (Å²) in [6.45, 7) is 4.74. The van der Waals surface area contributed by atoms with Gasteiger partial charge in [0.1, 0.15) is 18.1 Å². The van der Waals surface area contributed by atoms with E-state index in [1.165, 1.54) is 10.6 Å². The first kappa shape index (κ1) is 25.1. The number of hydrogen-bond donors (Lipinski definition) is 1. The van der Waals surface area contributed by atoms with E-state index >= 15 is 0 Å². The highest BCUT2D eigenvalue weighted by atomic mass is 32.2. The molecule has 0 aliphatic rings. The minimum Gasteiger partial charge on any atom is -0.492 e. The molecule has 0 heterocycles. The van der Waals surface area contributed by atoms with E-state index in [0.29, 0.717) is 30.2 Å². The molecule has 34 heavy (non-hydrogen) atoms. The van der Waals surface area contributed by atoms with E-state index in [1.807, 2.05) is 44.2 Å². The van der Waals surface area contributed by atoms with Gasteiger partial charge in [-0.05, 0) is 67.9 Å². The van der Waals surface area contributed by atoms with Gasteiger partial charge in [0.2, 0.25) is 10.0 Å². The van der Waals surface area contributed by atoms with Crippen LogP contribution in [-0.2, 0) is 16.6 Å². The fourth-order valence-corrected chi connectivity index (χ4v) is 4.13. The molecule has 8 heteroatoms. The van der Waals surface area contributed by atoms with Crippen molar-refractivity contribution in [1.29, 1.82) is 0 Å². The Hall–Kier alpha value is -3.52. The summed E-state index contributed by atoms with van der Waals surface area (Å²) >= 11 is 0. The molecule has 0 radical (unpaired) electrons. The predicted molar refractivity (Wildman–Crippen MR) is 134 cm³/mol. The van der Waals surface area contributed by atoms with Crippen LogP contribution in [0.2, 0.25) is 0 Å². The molecule has 180 valence electrons. The Labute approximate surface area is 201 Å². The number of hydrogen-bond acceptors (Lipinski definition) is 5. The third kappa shape index (κ3) is 7.52. The molecule has 0 aromatic heterocycles. The maximum atomic E-state index is 12.4. The maximum Gasteiger partial charge on any atom is 0.251 e. The summed E-state index contributed by atoms with van der Waals surface area (Å²) < 4.78 is 37.4. The third-order valence-electron chi connectivity index (χ3n) is 4.84. The molecule has 0 fully saturated rings. The number of para-hydroxylation sites is 1. The molecular formula is C26H30N2O5S. The Morgan fingerprint density at radius 3 is 2.15 bits per heavy atom. The van der Waals surface area contributed by atoms with Crippen molar-refractivity contribution >= 4 is 21.6 Å². The van der Waals surface area contributed by atoms with Crippen LogP contribution in [0.5, 0.6) is 11.5 Å². The van der Waals surface area contributed by atoms with Gasteiger partial charge in [0, 0.05) is 5.56 Å². The molecule has 3 aromatic rings. The highest BCUT2D eigenvalue weighted by molar-refractivity contribution is 7.92. The van der Waals surface area contributed by atoms with Crippen LogP contribution in [-0.4, -0.2) is 39.8 Å². The van der Waals surface area contributed by atoms with Crippen LogP contribution in [0.25, 0.3) is 0 Å². The lowest BCUT2D eigenvalue weighted by Crippen LogP contribution is -2.29. The molecule has 0 spiro atoms. The number of nitrogens with zero attached hydrogens (tertiary/aromatic N) is 1. The normalized spacial score (nSPS) is 11.2. The summed E-state index contributed by atoms with van der Waals surface area (Å²) in [5.41, 5.74) is 1.79. The summed E-state index contributed by atoms with van der Waals surface area (Å²) in [4.78, 5) is 12.4. The zero-order chi connectivity index (χ0) is 24.6. The average molecular weight is 483 g/mol. The van der Waals surface area contributed by atoms with Crippen molar-refractivity contribution in [3.8, 4) is 11.5 Å². The lowest BCUT2D eigenvalue weighted by atomic mass is 10.1. The molecule has 0 saturated carbocycles. The van der Waals surface area contributed by atoms with Crippen molar-refractivity contribution in [3.63, 3.8) is 0 Å². The summed E-state index contributed by atoms with van der Waals surface area (Å²) in [5, 5.41) is 2.82. The monoisotopic (exact) mass is 482 g/mol. The van der Waals surface area contributed by atoms with Crippen molar-refractivity contribution in [2.24, 2.45) is 0 Å². The first-order chi connectivity index (χ1) is 16.2. The molecule has 3 rings (SSSR count). The molecule has 1 amide bonds. The quantitative estimate of drug-likeness (QED) is 0.413. The van der Waals surface area contributed by atoms with Crippen LogP contribution < -0.4 is 19.1 Å². The smallest absolute Gasteiger partial charge is 0.251 e. The lowest BCUT2D eigenvalue weighted by molar-refractivity contribution is 0.0947. The number of nitrogens with one attached hydrogen (secondary N) is 1. The SMILES string of the molecule is CC(C)Oc1ccc(N(Cc2ccc(C(=O)NCCOc3ccccc3)cc2)S(C)(=O)=O)cc1. The number of carbonyl (C=O) groups excluding carboxylic acids is 1. The van der Waals surface area contributed by atoms with Gasteiger partial charge in [0.25, 0.3) is 5.91 Å². The second kappa shape index (κ2) is 11.6. The van der Waals surface area contributed by atoms with Gasteiger partial charge in [0.15, 0.2) is 0 Å². The summed E-state index contributed by atoms with van der Waals surface area (Å²) in [5.74, 6) is 1.21. The van der Waals surface area contributed by atoms with Crippen molar-refractivity contribution < 1.29 is 22.7 Å². The Bertz CT molecular complexity index is 1160. The second-order valence-corrected chi connectivity index (χ2v) is 9.95. The molecule has 0 aliphatic heterocycles. The van der Waals surface area contributed by atoms with Crippen LogP contribution in [0, 0.1) is 0 Å². The number of benzene rings is 3. The van der Waals surface area contributed by atoms with E-state index in [2.05, 4.69) is 5.32 Å². The molecule has 0 unspecified atom stereocenters. The van der Waals surface area contributed by atoms with Gasteiger partial charge in [-0.1, -0.05) is 30.3 Å². The largest absolute Gasteiger partial charge is 0.492 e. The van der Waals surface area contributed by atoms with E-state index < -0.39 is 10.0 Å². The highest BCUT2D eigenvalue weighted by Crippen LogP contribution is 2.24. The third-order valence-corrected chi connectivity index (χ3v) is 5.98. The maximum absolute atomic E-state index is 12.4. The summed E-state index contributed by atoms with van der Waals surface area (Å²) in [6.07, 6.45) is 1.20. The zero-order valence-corrected chi connectivity index (χ0v) is 20.4. The molecular weight excluding hydrogens is 452 g/mol. The topological polar surface area (TPSA) is 84.9 Å². The van der Waals surface area contributed by atoms with Crippen LogP contribution in [0.1, 0.15) is 29.8 Å². The van der Waals surface area contributed by atoms with Gasteiger partial charge in [0.05, 0.1) is 31.1 Å². The Morgan fingerprint density at radius 2 is 1.56 bits per heavy atom. The van der Waals surface area contributed by atoms with E-state index in [-0.39, 0.29) is 18.6 Å². The number of sulfonamides is 1. The van der Waals surface area contributed by atoms with Gasteiger partial charge in [-0.3, -0.25) is 9.10 Å². The van der Waals surface area contributed by atoms with Crippen LogP contribution >= 0.6 is 0 Å². The van der Waals surface area contributed by atoms with Gasteiger partial charge < -0.3 is 14.8 Å². The predicted octanol–water partition coefficient (Wildman–Crippen LogP) is 4.25. The van der Waals surface area contributed by atoms with Gasteiger partial charge in [-0.25, -0.2) is 8.42 Å². The fraction of sp³-hybridized carbons (Fsp3) is 0.269. The highest BCUT2D eigenvalue weighted by Gasteiger charge is 2.18. The standard InChI is InChI=1S/C26H30N2O5S/c1-20(2)33-25-15-13-23(14-16-25)28(34(3,30)31)19-21-9-11-22(12-10-21)26(29)27-17-18-32-24-7-5-4-6-8-24/h4-16,20H,17-19H2,1-3H3,(H,27,29).